The Kier molecular flexibility index (Phi) is 4.77. The van der Waals surface area contributed by atoms with Gasteiger partial charge in [-0.3, -0.25) is 11.3 Å². The normalized spacial score (nSPS) is 8.91. The van der Waals surface area contributed by atoms with Gasteiger partial charge >= 0.3 is 0 Å². The summed E-state index contributed by atoms with van der Waals surface area (Å²) in [5.74, 6) is 4.83. The Morgan fingerprint density at radius 2 is 1.82 bits per heavy atom. The van der Waals surface area contributed by atoms with Crippen molar-refractivity contribution >= 4 is 12.4 Å². The van der Waals surface area contributed by atoms with E-state index in [0.717, 1.165) is 5.56 Å². The van der Waals surface area contributed by atoms with Crippen molar-refractivity contribution in [3.8, 4) is 0 Å². The second kappa shape index (κ2) is 5.07. The summed E-state index contributed by atoms with van der Waals surface area (Å²) in [5, 5.41) is 0. The molecule has 0 aliphatic carbocycles. The van der Waals surface area contributed by atoms with Crippen LogP contribution in [0.5, 0.6) is 0 Å². The lowest BCUT2D eigenvalue weighted by molar-refractivity contribution is 0.625. The number of rotatable bonds is 2. The van der Waals surface area contributed by atoms with Crippen LogP contribution in [0.3, 0.4) is 0 Å². The molecule has 11 heavy (non-hydrogen) atoms. The van der Waals surface area contributed by atoms with Crippen molar-refractivity contribution in [3.63, 3.8) is 0 Å². The first kappa shape index (κ1) is 10.4. The summed E-state index contributed by atoms with van der Waals surface area (Å²) >= 11 is 0. The van der Waals surface area contributed by atoms with Crippen molar-refractivity contribution in [2.24, 2.45) is 5.84 Å². The van der Waals surface area contributed by atoms with Crippen molar-refractivity contribution in [3.05, 3.63) is 35.6 Å². The van der Waals surface area contributed by atoms with Crippen LogP contribution in [0.15, 0.2) is 24.3 Å². The molecule has 4 heteroatoms. The highest BCUT2D eigenvalue weighted by atomic mass is 35.5. The summed E-state index contributed by atoms with van der Waals surface area (Å²) in [5.41, 5.74) is 3.46. The molecule has 0 aliphatic rings. The SMILES string of the molecule is Cl.NNCc1ccc(F)cc1. The summed E-state index contributed by atoms with van der Waals surface area (Å²) in [6.45, 7) is 0.570. The maximum absolute atomic E-state index is 12.3. The first-order valence-corrected chi connectivity index (χ1v) is 3.01. The topological polar surface area (TPSA) is 38.0 Å². The molecule has 0 spiro atoms. The van der Waals surface area contributed by atoms with E-state index in [1.807, 2.05) is 0 Å². The average Bonchev–Trinajstić information content (AvgIpc) is 1.95. The van der Waals surface area contributed by atoms with Crippen molar-refractivity contribution < 1.29 is 4.39 Å². The van der Waals surface area contributed by atoms with Crippen LogP contribution in [0.25, 0.3) is 0 Å². The van der Waals surface area contributed by atoms with Gasteiger partial charge in [-0.2, -0.15) is 0 Å². The molecule has 0 aliphatic heterocycles. The summed E-state index contributed by atoms with van der Waals surface area (Å²) < 4.78 is 12.3. The van der Waals surface area contributed by atoms with Crippen LogP contribution in [0.4, 0.5) is 4.39 Å². The molecule has 0 saturated carbocycles. The number of halogens is 2. The number of nitrogens with one attached hydrogen (secondary N) is 1. The Balaban J connectivity index is 0.000001000. The monoisotopic (exact) mass is 176 g/mol. The van der Waals surface area contributed by atoms with E-state index in [0.29, 0.717) is 6.54 Å². The third-order valence-electron chi connectivity index (χ3n) is 1.22. The molecule has 0 saturated heterocycles. The molecule has 0 bridgehead atoms. The third-order valence-corrected chi connectivity index (χ3v) is 1.22. The molecule has 62 valence electrons. The summed E-state index contributed by atoms with van der Waals surface area (Å²) in [6.07, 6.45) is 0. The lowest BCUT2D eigenvalue weighted by Gasteiger charge is -1.97. The van der Waals surface area contributed by atoms with Crippen molar-refractivity contribution in [2.45, 2.75) is 6.54 Å². The van der Waals surface area contributed by atoms with E-state index in [2.05, 4.69) is 5.43 Å². The highest BCUT2D eigenvalue weighted by molar-refractivity contribution is 5.85. The van der Waals surface area contributed by atoms with Gasteiger partial charge < -0.3 is 0 Å². The number of hydrogen-bond donors (Lipinski definition) is 2. The minimum Gasteiger partial charge on any atom is -0.271 e. The maximum atomic E-state index is 12.3. The van der Waals surface area contributed by atoms with E-state index in [9.17, 15) is 4.39 Å². The van der Waals surface area contributed by atoms with Gasteiger partial charge in [0.15, 0.2) is 0 Å². The molecule has 1 aromatic carbocycles. The van der Waals surface area contributed by atoms with Crippen LogP contribution in [0.1, 0.15) is 5.56 Å². The molecule has 0 radical (unpaired) electrons. The van der Waals surface area contributed by atoms with E-state index in [4.69, 9.17) is 5.84 Å². The molecular formula is C7H10ClFN2. The molecule has 2 nitrogen and oxygen atoms in total. The lowest BCUT2D eigenvalue weighted by atomic mass is 10.2. The summed E-state index contributed by atoms with van der Waals surface area (Å²) in [6, 6.07) is 6.20. The highest BCUT2D eigenvalue weighted by Crippen LogP contribution is 2.00. The lowest BCUT2D eigenvalue weighted by Crippen LogP contribution is -2.20. The Labute approximate surface area is 71.0 Å². The highest BCUT2D eigenvalue weighted by Gasteiger charge is 1.89. The van der Waals surface area contributed by atoms with E-state index in [1.165, 1.54) is 12.1 Å². The molecule has 0 unspecified atom stereocenters. The fourth-order valence-electron chi connectivity index (χ4n) is 0.720. The van der Waals surface area contributed by atoms with E-state index in [-0.39, 0.29) is 18.2 Å². The van der Waals surface area contributed by atoms with Gasteiger partial charge in [0, 0.05) is 6.54 Å². The molecule has 0 heterocycles. The van der Waals surface area contributed by atoms with Crippen LogP contribution in [0.2, 0.25) is 0 Å². The van der Waals surface area contributed by atoms with Crippen LogP contribution in [-0.2, 0) is 6.54 Å². The third kappa shape index (κ3) is 3.32. The van der Waals surface area contributed by atoms with Crippen LogP contribution < -0.4 is 11.3 Å². The largest absolute Gasteiger partial charge is 0.271 e. The van der Waals surface area contributed by atoms with Crippen molar-refractivity contribution in [1.82, 2.24) is 5.43 Å². The van der Waals surface area contributed by atoms with Gasteiger partial charge in [0.25, 0.3) is 0 Å². The Morgan fingerprint density at radius 1 is 1.27 bits per heavy atom. The standard InChI is InChI=1S/C7H9FN2.ClH/c8-7-3-1-6(2-4-7)5-10-9;/h1-4,10H,5,9H2;1H. The summed E-state index contributed by atoms with van der Waals surface area (Å²) in [4.78, 5) is 0. The van der Waals surface area contributed by atoms with Crippen molar-refractivity contribution in [1.29, 1.82) is 0 Å². The molecular weight excluding hydrogens is 167 g/mol. The minimum absolute atomic E-state index is 0. The van der Waals surface area contributed by atoms with Crippen LogP contribution in [-0.4, -0.2) is 0 Å². The fraction of sp³-hybridized carbons (Fsp3) is 0.143. The molecule has 0 fully saturated rings. The van der Waals surface area contributed by atoms with Crippen molar-refractivity contribution in [2.75, 3.05) is 0 Å². The maximum Gasteiger partial charge on any atom is 0.123 e. The second-order valence-corrected chi connectivity index (χ2v) is 2.01. The van der Waals surface area contributed by atoms with Gasteiger partial charge in [-0.15, -0.1) is 12.4 Å². The van der Waals surface area contributed by atoms with E-state index < -0.39 is 0 Å². The van der Waals surface area contributed by atoms with Gasteiger partial charge in [0.05, 0.1) is 0 Å². The zero-order valence-electron chi connectivity index (χ0n) is 5.88. The average molecular weight is 177 g/mol. The smallest absolute Gasteiger partial charge is 0.123 e. The van der Waals surface area contributed by atoms with Gasteiger partial charge in [0.1, 0.15) is 5.82 Å². The second-order valence-electron chi connectivity index (χ2n) is 2.01. The van der Waals surface area contributed by atoms with Gasteiger partial charge in [-0.1, -0.05) is 12.1 Å². The number of benzene rings is 1. The number of hydrogen-bond acceptors (Lipinski definition) is 2. The zero-order chi connectivity index (χ0) is 7.40. The predicted molar refractivity (Wildman–Crippen MR) is 44.7 cm³/mol. The molecule has 0 amide bonds. The first-order chi connectivity index (χ1) is 4.83. The Hall–Kier alpha value is -0.640. The molecule has 1 aromatic rings. The molecule has 0 atom stereocenters. The van der Waals surface area contributed by atoms with Gasteiger partial charge in [-0.05, 0) is 17.7 Å². The van der Waals surface area contributed by atoms with E-state index in [1.54, 1.807) is 12.1 Å². The van der Waals surface area contributed by atoms with Crippen LogP contribution >= 0.6 is 12.4 Å². The molecule has 1 rings (SSSR count). The van der Waals surface area contributed by atoms with E-state index >= 15 is 0 Å². The zero-order valence-corrected chi connectivity index (χ0v) is 6.70. The number of nitrogens with two attached hydrogens (primary N) is 1. The molecule has 0 aromatic heterocycles. The molecule has 3 N–H and O–H groups in total. The Morgan fingerprint density at radius 3 is 2.27 bits per heavy atom. The van der Waals surface area contributed by atoms with Gasteiger partial charge in [-0.25, -0.2) is 4.39 Å². The quantitative estimate of drug-likeness (QED) is 0.525. The minimum atomic E-state index is -0.222. The Bertz CT molecular complexity index is 200. The summed E-state index contributed by atoms with van der Waals surface area (Å²) in [7, 11) is 0. The first-order valence-electron chi connectivity index (χ1n) is 3.01. The van der Waals surface area contributed by atoms with Crippen LogP contribution in [0, 0.1) is 5.82 Å². The predicted octanol–water partition coefficient (Wildman–Crippen LogP) is 1.21. The number of hydrazine groups is 1. The van der Waals surface area contributed by atoms with Gasteiger partial charge in [0.2, 0.25) is 0 Å². The fourth-order valence-corrected chi connectivity index (χ4v) is 0.720.